The van der Waals surface area contributed by atoms with Crippen LogP contribution < -0.4 is 10.6 Å². The van der Waals surface area contributed by atoms with E-state index in [2.05, 4.69) is 10.6 Å². The Morgan fingerprint density at radius 2 is 1.84 bits per heavy atom. The molecule has 0 aliphatic rings. The lowest BCUT2D eigenvalue weighted by molar-refractivity contribution is -0.114. The third-order valence-electron chi connectivity index (χ3n) is 1.92. The molecule has 0 aliphatic heterocycles. The van der Waals surface area contributed by atoms with Crippen molar-refractivity contribution in [3.05, 3.63) is 24.0 Å². The topological polar surface area (TPSA) is 67.4 Å². The average molecular weight is 268 g/mol. The SMILES string of the molecule is CC(=O)Nc1ccc(F)c(NC(=O)OC(C)(C)C)c1. The zero-order chi connectivity index (χ0) is 14.6. The van der Waals surface area contributed by atoms with E-state index < -0.39 is 17.5 Å². The standard InChI is InChI=1S/C13H17FN2O3/c1-8(17)15-9-5-6-10(14)11(7-9)16-12(18)19-13(2,3)4/h5-7H,1-4H3,(H,15,17)(H,16,18). The summed E-state index contributed by atoms with van der Waals surface area (Å²) < 4.78 is 18.5. The molecule has 0 unspecified atom stereocenters. The molecule has 0 atom stereocenters. The van der Waals surface area contributed by atoms with E-state index in [9.17, 15) is 14.0 Å². The number of carbonyl (C=O) groups is 2. The fourth-order valence-corrected chi connectivity index (χ4v) is 1.32. The molecule has 0 radical (unpaired) electrons. The summed E-state index contributed by atoms with van der Waals surface area (Å²) in [6, 6.07) is 3.87. The zero-order valence-corrected chi connectivity index (χ0v) is 11.3. The van der Waals surface area contributed by atoms with Gasteiger partial charge in [-0.15, -0.1) is 0 Å². The van der Waals surface area contributed by atoms with Crippen LogP contribution in [0.1, 0.15) is 27.7 Å². The van der Waals surface area contributed by atoms with Gasteiger partial charge in [0.05, 0.1) is 5.69 Å². The highest BCUT2D eigenvalue weighted by Crippen LogP contribution is 2.20. The number of rotatable bonds is 2. The van der Waals surface area contributed by atoms with Gasteiger partial charge in [0.15, 0.2) is 0 Å². The fourth-order valence-electron chi connectivity index (χ4n) is 1.32. The average Bonchev–Trinajstić information content (AvgIpc) is 2.19. The van der Waals surface area contributed by atoms with Gasteiger partial charge in [0.2, 0.25) is 5.91 Å². The van der Waals surface area contributed by atoms with Crippen LogP contribution >= 0.6 is 0 Å². The maximum atomic E-state index is 13.5. The monoisotopic (exact) mass is 268 g/mol. The maximum Gasteiger partial charge on any atom is 0.412 e. The molecule has 0 aliphatic carbocycles. The molecule has 0 heterocycles. The Kier molecular flexibility index (Phi) is 4.47. The summed E-state index contributed by atoms with van der Waals surface area (Å²) in [5.74, 6) is -0.894. The molecule has 5 nitrogen and oxygen atoms in total. The molecule has 1 rings (SSSR count). The van der Waals surface area contributed by atoms with Gasteiger partial charge in [-0.3, -0.25) is 10.1 Å². The van der Waals surface area contributed by atoms with E-state index in [0.29, 0.717) is 5.69 Å². The molecule has 0 fully saturated rings. The fraction of sp³-hybridized carbons (Fsp3) is 0.385. The predicted octanol–water partition coefficient (Wildman–Crippen LogP) is 3.13. The van der Waals surface area contributed by atoms with Gasteiger partial charge in [0.1, 0.15) is 11.4 Å². The highest BCUT2D eigenvalue weighted by Gasteiger charge is 2.17. The van der Waals surface area contributed by atoms with E-state index in [-0.39, 0.29) is 11.6 Å². The van der Waals surface area contributed by atoms with E-state index in [1.165, 1.54) is 19.1 Å². The Morgan fingerprint density at radius 3 is 2.37 bits per heavy atom. The van der Waals surface area contributed by atoms with Crippen molar-refractivity contribution in [1.29, 1.82) is 0 Å². The molecule has 1 aromatic carbocycles. The molecule has 0 saturated carbocycles. The minimum absolute atomic E-state index is 0.0551. The summed E-state index contributed by atoms with van der Waals surface area (Å²) in [4.78, 5) is 22.4. The second-order valence-electron chi connectivity index (χ2n) is 5.00. The molecule has 104 valence electrons. The lowest BCUT2D eigenvalue weighted by atomic mass is 10.2. The Morgan fingerprint density at radius 1 is 1.21 bits per heavy atom. The Balaban J connectivity index is 2.82. The van der Waals surface area contributed by atoms with E-state index in [4.69, 9.17) is 4.74 Å². The van der Waals surface area contributed by atoms with Crippen molar-refractivity contribution >= 4 is 23.4 Å². The van der Waals surface area contributed by atoms with Gasteiger partial charge >= 0.3 is 6.09 Å². The van der Waals surface area contributed by atoms with Crippen LogP contribution in [0.2, 0.25) is 0 Å². The molecular formula is C13H17FN2O3. The van der Waals surface area contributed by atoms with Crippen molar-refractivity contribution in [2.75, 3.05) is 10.6 Å². The van der Waals surface area contributed by atoms with Crippen LogP contribution in [0.15, 0.2) is 18.2 Å². The molecule has 0 saturated heterocycles. The summed E-state index contributed by atoms with van der Waals surface area (Å²) in [6.07, 6.45) is -0.758. The van der Waals surface area contributed by atoms with Gasteiger partial charge < -0.3 is 10.1 Å². The third-order valence-corrected chi connectivity index (χ3v) is 1.92. The van der Waals surface area contributed by atoms with E-state index in [0.717, 1.165) is 6.07 Å². The quantitative estimate of drug-likeness (QED) is 0.865. The predicted molar refractivity (Wildman–Crippen MR) is 70.6 cm³/mol. The molecule has 19 heavy (non-hydrogen) atoms. The number of carbonyl (C=O) groups excluding carboxylic acids is 2. The number of ether oxygens (including phenoxy) is 1. The van der Waals surface area contributed by atoms with Crippen molar-refractivity contribution in [3.8, 4) is 0 Å². The van der Waals surface area contributed by atoms with E-state index in [1.807, 2.05) is 0 Å². The Labute approximate surface area is 111 Å². The summed E-state index contributed by atoms with van der Waals surface area (Å²) in [6.45, 7) is 6.45. The third kappa shape index (κ3) is 5.37. The van der Waals surface area contributed by atoms with E-state index in [1.54, 1.807) is 20.8 Å². The molecule has 6 heteroatoms. The van der Waals surface area contributed by atoms with Gasteiger partial charge in [-0.05, 0) is 39.0 Å². The highest BCUT2D eigenvalue weighted by atomic mass is 19.1. The lowest BCUT2D eigenvalue weighted by Gasteiger charge is -2.20. The summed E-state index contributed by atoms with van der Waals surface area (Å²) in [5, 5.41) is 4.79. The maximum absolute atomic E-state index is 13.5. The van der Waals surface area contributed by atoms with Gasteiger partial charge in [-0.1, -0.05) is 0 Å². The number of nitrogens with one attached hydrogen (secondary N) is 2. The molecule has 0 bridgehead atoms. The van der Waals surface area contributed by atoms with Crippen molar-refractivity contribution in [3.63, 3.8) is 0 Å². The Hall–Kier alpha value is -2.11. The first-order valence-electron chi connectivity index (χ1n) is 5.74. The number of amides is 2. The minimum Gasteiger partial charge on any atom is -0.444 e. The molecule has 0 aromatic heterocycles. The molecule has 2 N–H and O–H groups in total. The normalized spacial score (nSPS) is 10.8. The summed E-state index contributed by atoms with van der Waals surface area (Å²) >= 11 is 0. The van der Waals surface area contributed by atoms with Crippen LogP contribution in [-0.4, -0.2) is 17.6 Å². The van der Waals surface area contributed by atoms with Gasteiger partial charge in [-0.2, -0.15) is 0 Å². The first kappa shape index (κ1) is 14.9. The van der Waals surface area contributed by atoms with Crippen LogP contribution in [0.3, 0.4) is 0 Å². The van der Waals surface area contributed by atoms with Crippen LogP contribution in [-0.2, 0) is 9.53 Å². The molecule has 0 spiro atoms. The number of benzene rings is 1. The minimum atomic E-state index is -0.758. The largest absolute Gasteiger partial charge is 0.444 e. The van der Waals surface area contributed by atoms with E-state index >= 15 is 0 Å². The highest BCUT2D eigenvalue weighted by molar-refractivity contribution is 5.91. The molecule has 1 aromatic rings. The first-order chi connectivity index (χ1) is 8.67. The molecule has 2 amide bonds. The van der Waals surface area contributed by atoms with Gasteiger partial charge in [0, 0.05) is 12.6 Å². The number of hydrogen-bond acceptors (Lipinski definition) is 3. The zero-order valence-electron chi connectivity index (χ0n) is 11.3. The molecular weight excluding hydrogens is 251 g/mol. The van der Waals surface area contributed by atoms with Crippen LogP contribution in [0.5, 0.6) is 0 Å². The van der Waals surface area contributed by atoms with Crippen molar-refractivity contribution < 1.29 is 18.7 Å². The van der Waals surface area contributed by atoms with Gasteiger partial charge in [0.25, 0.3) is 0 Å². The Bertz CT molecular complexity index is 495. The second-order valence-corrected chi connectivity index (χ2v) is 5.00. The van der Waals surface area contributed by atoms with Crippen LogP contribution in [0.4, 0.5) is 20.6 Å². The van der Waals surface area contributed by atoms with Crippen molar-refractivity contribution in [1.82, 2.24) is 0 Å². The van der Waals surface area contributed by atoms with Crippen molar-refractivity contribution in [2.24, 2.45) is 0 Å². The smallest absolute Gasteiger partial charge is 0.412 e. The number of anilines is 2. The number of halogens is 1. The van der Waals surface area contributed by atoms with Crippen LogP contribution in [0, 0.1) is 5.82 Å². The lowest BCUT2D eigenvalue weighted by Crippen LogP contribution is -2.27. The summed E-state index contributed by atoms with van der Waals surface area (Å²) in [7, 11) is 0. The second kappa shape index (κ2) is 5.69. The van der Waals surface area contributed by atoms with Crippen LogP contribution in [0.25, 0.3) is 0 Å². The first-order valence-corrected chi connectivity index (χ1v) is 5.74. The van der Waals surface area contributed by atoms with Crippen molar-refractivity contribution in [2.45, 2.75) is 33.3 Å². The number of hydrogen-bond donors (Lipinski definition) is 2. The summed E-state index contributed by atoms with van der Waals surface area (Å²) in [5.41, 5.74) is -0.337. The van der Waals surface area contributed by atoms with Gasteiger partial charge in [-0.25, -0.2) is 9.18 Å².